The molecule has 0 saturated heterocycles. The van der Waals surface area contributed by atoms with Crippen LogP contribution in [-0.2, 0) is 16.1 Å². The van der Waals surface area contributed by atoms with Crippen LogP contribution >= 0.6 is 11.6 Å². The molecule has 3 rings (SSSR count). The Morgan fingerprint density at radius 1 is 1.20 bits per heavy atom. The minimum atomic E-state index is -0.472. The first-order valence-corrected chi connectivity index (χ1v) is 8.11. The van der Waals surface area contributed by atoms with Crippen LogP contribution in [0.15, 0.2) is 65.2 Å². The summed E-state index contributed by atoms with van der Waals surface area (Å²) in [6, 6.07) is 16.9. The average molecular weight is 354 g/mol. The van der Waals surface area contributed by atoms with Crippen molar-refractivity contribution in [3.8, 4) is 11.3 Å². The molecule has 3 aromatic rings. The SMILES string of the molecule is Cc1ccc(-c2cc(COC(=O)/C=C/c3ccccc3Cl)no2)cc1. The molecule has 0 atom stereocenters. The number of ether oxygens (including phenoxy) is 1. The maximum Gasteiger partial charge on any atom is 0.331 e. The van der Waals surface area contributed by atoms with Gasteiger partial charge in [-0.25, -0.2) is 4.79 Å². The van der Waals surface area contributed by atoms with Crippen molar-refractivity contribution in [2.75, 3.05) is 0 Å². The van der Waals surface area contributed by atoms with E-state index in [0.29, 0.717) is 16.5 Å². The second kappa shape index (κ2) is 7.81. The first-order chi connectivity index (χ1) is 12.1. The lowest BCUT2D eigenvalue weighted by Gasteiger charge is -1.99. The van der Waals surface area contributed by atoms with E-state index in [1.807, 2.05) is 49.4 Å². The van der Waals surface area contributed by atoms with E-state index in [4.69, 9.17) is 20.9 Å². The smallest absolute Gasteiger partial charge is 0.331 e. The van der Waals surface area contributed by atoms with Gasteiger partial charge < -0.3 is 9.26 Å². The van der Waals surface area contributed by atoms with Gasteiger partial charge in [-0.3, -0.25) is 0 Å². The Balaban J connectivity index is 1.58. The van der Waals surface area contributed by atoms with Crippen molar-refractivity contribution in [3.63, 3.8) is 0 Å². The summed E-state index contributed by atoms with van der Waals surface area (Å²) >= 11 is 6.03. The highest BCUT2D eigenvalue weighted by Gasteiger charge is 2.08. The molecule has 0 N–H and O–H groups in total. The van der Waals surface area contributed by atoms with Crippen molar-refractivity contribution < 1.29 is 14.1 Å². The molecule has 126 valence electrons. The predicted octanol–water partition coefficient (Wildman–Crippen LogP) is 5.06. The second-order valence-electron chi connectivity index (χ2n) is 5.51. The van der Waals surface area contributed by atoms with Crippen LogP contribution in [0.1, 0.15) is 16.8 Å². The molecule has 0 saturated carbocycles. The Bertz CT molecular complexity index is 897. The Labute approximate surface area is 150 Å². The lowest BCUT2D eigenvalue weighted by Crippen LogP contribution is -2.00. The molecule has 0 aliphatic rings. The van der Waals surface area contributed by atoms with Crippen LogP contribution in [0.3, 0.4) is 0 Å². The standard InChI is InChI=1S/C20H16ClNO3/c1-14-6-8-16(9-7-14)19-12-17(22-25-19)13-24-20(23)11-10-15-4-2-3-5-18(15)21/h2-12H,13H2,1H3/b11-10+. The molecule has 0 fully saturated rings. The van der Waals surface area contributed by atoms with Gasteiger partial charge in [0, 0.05) is 22.7 Å². The average Bonchev–Trinajstić information content (AvgIpc) is 3.09. The largest absolute Gasteiger partial charge is 0.456 e. The maximum atomic E-state index is 11.8. The fourth-order valence-electron chi connectivity index (χ4n) is 2.19. The zero-order valence-corrected chi connectivity index (χ0v) is 14.4. The van der Waals surface area contributed by atoms with Gasteiger partial charge in [0.15, 0.2) is 5.76 Å². The Kier molecular flexibility index (Phi) is 5.31. The van der Waals surface area contributed by atoms with E-state index in [2.05, 4.69) is 5.16 Å². The summed E-state index contributed by atoms with van der Waals surface area (Å²) < 4.78 is 10.5. The Morgan fingerprint density at radius 2 is 1.96 bits per heavy atom. The molecule has 4 nitrogen and oxygen atoms in total. The second-order valence-corrected chi connectivity index (χ2v) is 5.92. The quantitative estimate of drug-likeness (QED) is 0.475. The molecule has 2 aromatic carbocycles. The summed E-state index contributed by atoms with van der Waals surface area (Å²) in [5.41, 5.74) is 3.40. The van der Waals surface area contributed by atoms with Crippen molar-refractivity contribution in [3.05, 3.63) is 82.5 Å². The van der Waals surface area contributed by atoms with E-state index in [1.54, 1.807) is 18.2 Å². The topological polar surface area (TPSA) is 52.3 Å². The summed E-state index contributed by atoms with van der Waals surface area (Å²) in [5, 5.41) is 4.50. The van der Waals surface area contributed by atoms with Crippen molar-refractivity contribution in [2.24, 2.45) is 0 Å². The number of benzene rings is 2. The third kappa shape index (κ3) is 4.58. The van der Waals surface area contributed by atoms with E-state index in [9.17, 15) is 4.79 Å². The van der Waals surface area contributed by atoms with Crippen molar-refractivity contribution in [1.29, 1.82) is 0 Å². The highest BCUT2D eigenvalue weighted by atomic mass is 35.5. The monoisotopic (exact) mass is 353 g/mol. The van der Waals surface area contributed by atoms with Gasteiger partial charge in [0.2, 0.25) is 0 Å². The Hall–Kier alpha value is -2.85. The summed E-state index contributed by atoms with van der Waals surface area (Å²) in [7, 11) is 0. The predicted molar refractivity (Wildman–Crippen MR) is 97.0 cm³/mol. The number of esters is 1. The zero-order valence-electron chi connectivity index (χ0n) is 13.6. The molecule has 0 amide bonds. The fraction of sp³-hybridized carbons (Fsp3) is 0.100. The fourth-order valence-corrected chi connectivity index (χ4v) is 2.39. The van der Waals surface area contributed by atoms with Gasteiger partial charge >= 0.3 is 5.97 Å². The van der Waals surface area contributed by atoms with Crippen LogP contribution in [0, 0.1) is 6.92 Å². The van der Waals surface area contributed by atoms with Gasteiger partial charge in [-0.1, -0.05) is 64.8 Å². The molecule has 25 heavy (non-hydrogen) atoms. The number of aryl methyl sites for hydroxylation is 1. The van der Waals surface area contributed by atoms with Gasteiger partial charge in [-0.15, -0.1) is 0 Å². The van der Waals surface area contributed by atoms with Crippen LogP contribution in [-0.4, -0.2) is 11.1 Å². The van der Waals surface area contributed by atoms with E-state index in [0.717, 1.165) is 11.1 Å². The normalized spacial score (nSPS) is 11.0. The number of carbonyl (C=O) groups excluding carboxylic acids is 1. The molecule has 0 aliphatic heterocycles. The third-order valence-electron chi connectivity index (χ3n) is 3.56. The summed E-state index contributed by atoms with van der Waals surface area (Å²) in [6.45, 7) is 2.06. The van der Waals surface area contributed by atoms with Gasteiger partial charge in [0.25, 0.3) is 0 Å². The number of nitrogens with zero attached hydrogens (tertiary/aromatic N) is 1. The van der Waals surface area contributed by atoms with Crippen molar-refractivity contribution >= 4 is 23.6 Å². The lowest BCUT2D eigenvalue weighted by atomic mass is 10.1. The van der Waals surface area contributed by atoms with Crippen molar-refractivity contribution in [1.82, 2.24) is 5.16 Å². The molecule has 0 bridgehead atoms. The molecule has 0 unspecified atom stereocenters. The summed E-state index contributed by atoms with van der Waals surface area (Å²) in [6.07, 6.45) is 2.95. The molecular formula is C20H16ClNO3. The van der Waals surface area contributed by atoms with Crippen LogP contribution in [0.25, 0.3) is 17.4 Å². The van der Waals surface area contributed by atoms with Gasteiger partial charge in [0.1, 0.15) is 12.3 Å². The highest BCUT2D eigenvalue weighted by Crippen LogP contribution is 2.21. The molecule has 5 heteroatoms. The van der Waals surface area contributed by atoms with Gasteiger partial charge in [-0.05, 0) is 24.6 Å². The minimum absolute atomic E-state index is 0.0427. The van der Waals surface area contributed by atoms with Crippen LogP contribution < -0.4 is 0 Å². The van der Waals surface area contributed by atoms with Crippen LogP contribution in [0.5, 0.6) is 0 Å². The first-order valence-electron chi connectivity index (χ1n) is 7.74. The van der Waals surface area contributed by atoms with Crippen molar-refractivity contribution in [2.45, 2.75) is 13.5 Å². The number of aromatic nitrogens is 1. The molecule has 0 spiro atoms. The third-order valence-corrected chi connectivity index (χ3v) is 3.91. The highest BCUT2D eigenvalue weighted by molar-refractivity contribution is 6.32. The van der Waals surface area contributed by atoms with E-state index >= 15 is 0 Å². The molecular weight excluding hydrogens is 338 g/mol. The first kappa shape index (κ1) is 17.0. The molecule has 0 radical (unpaired) electrons. The van der Waals surface area contributed by atoms with E-state index in [-0.39, 0.29) is 6.61 Å². The number of hydrogen-bond donors (Lipinski definition) is 0. The number of halogens is 1. The summed E-state index contributed by atoms with van der Waals surface area (Å²) in [5.74, 6) is 0.164. The number of carbonyl (C=O) groups is 1. The molecule has 1 aromatic heterocycles. The van der Waals surface area contributed by atoms with Crippen LogP contribution in [0.2, 0.25) is 5.02 Å². The zero-order chi connectivity index (χ0) is 17.6. The molecule has 1 heterocycles. The van der Waals surface area contributed by atoms with E-state index < -0.39 is 5.97 Å². The van der Waals surface area contributed by atoms with E-state index in [1.165, 1.54) is 11.6 Å². The molecule has 0 aliphatic carbocycles. The van der Waals surface area contributed by atoms with Crippen LogP contribution in [0.4, 0.5) is 0 Å². The number of hydrogen-bond acceptors (Lipinski definition) is 4. The van der Waals surface area contributed by atoms with Gasteiger partial charge in [0.05, 0.1) is 0 Å². The Morgan fingerprint density at radius 3 is 2.72 bits per heavy atom. The maximum absolute atomic E-state index is 11.8. The van der Waals surface area contributed by atoms with Gasteiger partial charge in [-0.2, -0.15) is 0 Å². The number of rotatable bonds is 5. The minimum Gasteiger partial charge on any atom is -0.456 e. The summed E-state index contributed by atoms with van der Waals surface area (Å²) in [4.78, 5) is 11.8. The lowest BCUT2D eigenvalue weighted by molar-refractivity contribution is -0.139.